The molecule has 2 fully saturated rings. The fourth-order valence-corrected chi connectivity index (χ4v) is 3.22. The molecular formula is C18H22N6O. The molecule has 1 aliphatic carbocycles. The first-order valence-electron chi connectivity index (χ1n) is 8.74. The minimum Gasteiger partial charge on any atom is -0.384 e. The zero-order valence-corrected chi connectivity index (χ0v) is 14.1. The van der Waals surface area contributed by atoms with E-state index in [4.69, 9.17) is 11.0 Å². The third kappa shape index (κ3) is 4.02. The van der Waals surface area contributed by atoms with Crippen LogP contribution in [0, 0.1) is 17.2 Å². The molecule has 1 saturated heterocycles. The average Bonchev–Trinajstić information content (AvgIpc) is 2.60. The molecule has 1 atom stereocenters. The van der Waals surface area contributed by atoms with E-state index in [-0.39, 0.29) is 17.9 Å². The van der Waals surface area contributed by atoms with Crippen LogP contribution in [-0.4, -0.2) is 29.2 Å². The third-order valence-corrected chi connectivity index (χ3v) is 4.88. The highest BCUT2D eigenvalue weighted by Crippen LogP contribution is 2.30. The van der Waals surface area contributed by atoms with Crippen molar-refractivity contribution < 1.29 is 4.79 Å². The van der Waals surface area contributed by atoms with Crippen molar-refractivity contribution in [2.45, 2.75) is 44.6 Å². The molecular weight excluding hydrogens is 316 g/mol. The monoisotopic (exact) mass is 338 g/mol. The van der Waals surface area contributed by atoms with Gasteiger partial charge in [-0.15, -0.1) is 10.2 Å². The summed E-state index contributed by atoms with van der Waals surface area (Å²) in [4.78, 5) is 14.5. The lowest BCUT2D eigenvalue weighted by atomic mass is 9.83. The average molecular weight is 338 g/mol. The molecule has 1 unspecified atom stereocenters. The van der Waals surface area contributed by atoms with E-state index in [1.54, 1.807) is 24.3 Å². The summed E-state index contributed by atoms with van der Waals surface area (Å²) in [6.07, 6.45) is 5.94. The predicted molar refractivity (Wildman–Crippen MR) is 94.0 cm³/mol. The number of benzene rings is 1. The molecule has 2 aliphatic rings. The van der Waals surface area contributed by atoms with Crippen molar-refractivity contribution >= 4 is 17.4 Å². The number of likely N-dealkylation sites (tertiary alicyclic amines) is 1. The van der Waals surface area contributed by atoms with Crippen LogP contribution >= 0.6 is 0 Å². The van der Waals surface area contributed by atoms with Gasteiger partial charge in [-0.3, -0.25) is 4.79 Å². The number of nitriles is 1. The minimum absolute atomic E-state index is 0.156. The number of amidine groups is 1. The molecule has 7 heteroatoms. The van der Waals surface area contributed by atoms with Crippen LogP contribution in [0.4, 0.5) is 5.69 Å². The Bertz CT molecular complexity index is 731. The van der Waals surface area contributed by atoms with E-state index in [1.165, 1.54) is 0 Å². The maximum Gasteiger partial charge on any atom is 0.226 e. The minimum atomic E-state index is -0.189. The van der Waals surface area contributed by atoms with Gasteiger partial charge in [-0.25, -0.2) is 0 Å². The van der Waals surface area contributed by atoms with Crippen LogP contribution in [0.1, 0.15) is 44.1 Å². The Kier molecular flexibility index (Phi) is 5.39. The quantitative estimate of drug-likeness (QED) is 0.394. The van der Waals surface area contributed by atoms with E-state index >= 15 is 0 Å². The van der Waals surface area contributed by atoms with Gasteiger partial charge in [-0.1, -0.05) is 12.5 Å². The molecule has 130 valence electrons. The zero-order chi connectivity index (χ0) is 17.6. The zero-order valence-electron chi connectivity index (χ0n) is 14.1. The van der Waals surface area contributed by atoms with Crippen LogP contribution in [0.25, 0.3) is 0 Å². The Hall–Kier alpha value is -2.75. The second-order valence-electron chi connectivity index (χ2n) is 6.55. The Balaban J connectivity index is 1.69. The van der Waals surface area contributed by atoms with E-state index in [0.717, 1.165) is 45.1 Å². The summed E-state index contributed by atoms with van der Waals surface area (Å²) in [7, 11) is 0. The molecule has 1 aromatic rings. The SMILES string of the molecule is N#Cc1cccc(N=NN=C(N)C2CCCCN2C(=O)C2CCC2)c1. The summed E-state index contributed by atoms with van der Waals surface area (Å²) in [6, 6.07) is 8.66. The van der Waals surface area contributed by atoms with Crippen LogP contribution in [-0.2, 0) is 4.79 Å². The number of piperidine rings is 1. The Morgan fingerprint density at radius 2 is 2.08 bits per heavy atom. The largest absolute Gasteiger partial charge is 0.384 e. The molecule has 0 aromatic heterocycles. The summed E-state index contributed by atoms with van der Waals surface area (Å²) in [6.45, 7) is 0.734. The molecule has 0 radical (unpaired) electrons. The number of nitrogens with zero attached hydrogens (tertiary/aromatic N) is 5. The lowest BCUT2D eigenvalue weighted by Crippen LogP contribution is -2.53. The Morgan fingerprint density at radius 1 is 1.24 bits per heavy atom. The van der Waals surface area contributed by atoms with Gasteiger partial charge in [0.15, 0.2) is 0 Å². The standard InChI is InChI=1S/C18H22N6O/c19-12-13-5-3-8-15(11-13)21-23-22-17(20)16-9-1-2-10-24(16)18(25)14-6-4-7-14/h3,5,8,11,14,16H,1-2,4,6-7,9-10H2,(H2,20,21,22). The normalized spacial score (nSPS) is 21.8. The highest BCUT2D eigenvalue weighted by atomic mass is 16.2. The van der Waals surface area contributed by atoms with E-state index < -0.39 is 0 Å². The highest BCUT2D eigenvalue weighted by molar-refractivity contribution is 5.91. The number of carbonyl (C=O) groups is 1. The fourth-order valence-electron chi connectivity index (χ4n) is 3.22. The van der Waals surface area contributed by atoms with E-state index in [2.05, 4.69) is 21.5 Å². The van der Waals surface area contributed by atoms with Gasteiger partial charge in [0.25, 0.3) is 0 Å². The summed E-state index contributed by atoms with van der Waals surface area (Å²) in [5.41, 5.74) is 7.16. The number of hydrogen-bond donors (Lipinski definition) is 1. The molecule has 1 amide bonds. The smallest absolute Gasteiger partial charge is 0.226 e. The molecule has 2 N–H and O–H groups in total. The van der Waals surface area contributed by atoms with Crippen LogP contribution in [0.5, 0.6) is 0 Å². The van der Waals surface area contributed by atoms with Crippen molar-refractivity contribution in [3.8, 4) is 6.07 Å². The lowest BCUT2D eigenvalue weighted by Gasteiger charge is -2.39. The van der Waals surface area contributed by atoms with Crippen LogP contribution in [0.15, 0.2) is 39.7 Å². The first-order chi connectivity index (χ1) is 12.2. The van der Waals surface area contributed by atoms with Crippen molar-refractivity contribution in [1.29, 1.82) is 5.26 Å². The lowest BCUT2D eigenvalue weighted by molar-refractivity contribution is -0.140. The molecule has 25 heavy (non-hydrogen) atoms. The van der Waals surface area contributed by atoms with Crippen molar-refractivity contribution in [2.24, 2.45) is 27.1 Å². The maximum absolute atomic E-state index is 12.6. The molecule has 7 nitrogen and oxygen atoms in total. The molecule has 0 bridgehead atoms. The summed E-state index contributed by atoms with van der Waals surface area (Å²) in [5.74, 6) is 0.684. The second-order valence-corrected chi connectivity index (χ2v) is 6.55. The molecule has 1 saturated carbocycles. The maximum atomic E-state index is 12.6. The fraction of sp³-hybridized carbons (Fsp3) is 0.500. The first kappa shape index (κ1) is 17.1. The van der Waals surface area contributed by atoms with Crippen molar-refractivity contribution in [2.75, 3.05) is 6.54 Å². The molecule has 0 spiro atoms. The highest BCUT2D eigenvalue weighted by Gasteiger charge is 2.35. The number of hydrogen-bond acceptors (Lipinski definition) is 4. The van der Waals surface area contributed by atoms with E-state index in [9.17, 15) is 4.79 Å². The van der Waals surface area contributed by atoms with Gasteiger partial charge in [0.05, 0.1) is 23.4 Å². The molecule has 3 rings (SSSR count). The van der Waals surface area contributed by atoms with Gasteiger partial charge in [0.1, 0.15) is 5.84 Å². The Morgan fingerprint density at radius 3 is 2.80 bits per heavy atom. The van der Waals surface area contributed by atoms with Gasteiger partial charge in [-0.2, -0.15) is 5.26 Å². The first-order valence-corrected chi connectivity index (χ1v) is 8.74. The summed E-state index contributed by atoms with van der Waals surface area (Å²) < 4.78 is 0. The topological polar surface area (TPSA) is 107 Å². The molecule has 1 aromatic carbocycles. The van der Waals surface area contributed by atoms with Gasteiger partial charge < -0.3 is 10.6 Å². The van der Waals surface area contributed by atoms with Crippen molar-refractivity contribution in [3.63, 3.8) is 0 Å². The number of rotatable bonds is 4. The molecule has 1 heterocycles. The Labute approximate surface area is 147 Å². The van der Waals surface area contributed by atoms with E-state index in [1.807, 2.05) is 4.90 Å². The van der Waals surface area contributed by atoms with Crippen LogP contribution in [0.3, 0.4) is 0 Å². The van der Waals surface area contributed by atoms with Gasteiger partial charge in [0, 0.05) is 12.5 Å². The van der Waals surface area contributed by atoms with Crippen LogP contribution < -0.4 is 5.73 Å². The second kappa shape index (κ2) is 7.88. The number of amides is 1. The number of nitrogens with two attached hydrogens (primary N) is 1. The third-order valence-electron chi connectivity index (χ3n) is 4.88. The van der Waals surface area contributed by atoms with Crippen molar-refractivity contribution in [1.82, 2.24) is 4.90 Å². The predicted octanol–water partition coefficient (Wildman–Crippen LogP) is 3.10. The van der Waals surface area contributed by atoms with E-state index in [0.29, 0.717) is 17.1 Å². The van der Waals surface area contributed by atoms with Gasteiger partial charge in [-0.05, 0) is 55.5 Å². The van der Waals surface area contributed by atoms with Gasteiger partial charge >= 0.3 is 0 Å². The molecule has 1 aliphatic heterocycles. The van der Waals surface area contributed by atoms with Crippen LogP contribution in [0.2, 0.25) is 0 Å². The summed E-state index contributed by atoms with van der Waals surface area (Å²) >= 11 is 0. The van der Waals surface area contributed by atoms with Gasteiger partial charge in [0.2, 0.25) is 5.91 Å². The number of carbonyl (C=O) groups excluding carboxylic acids is 1. The summed E-state index contributed by atoms with van der Waals surface area (Å²) in [5, 5.41) is 20.7. The van der Waals surface area contributed by atoms with Crippen molar-refractivity contribution in [3.05, 3.63) is 29.8 Å².